The van der Waals surface area contributed by atoms with E-state index in [1.807, 2.05) is 6.92 Å². The van der Waals surface area contributed by atoms with E-state index in [0.29, 0.717) is 38.8 Å². The lowest BCUT2D eigenvalue weighted by Gasteiger charge is -2.13. The molecule has 7 heteroatoms. The van der Waals surface area contributed by atoms with Crippen LogP contribution in [-0.4, -0.2) is 9.97 Å². The summed E-state index contributed by atoms with van der Waals surface area (Å²) in [7, 11) is 0. The van der Waals surface area contributed by atoms with Crippen LogP contribution in [0.5, 0.6) is 0 Å². The Kier molecular flexibility index (Phi) is 4.34. The number of hydrogen-bond acceptors (Lipinski definition) is 4. The molecule has 0 aliphatic heterocycles. The number of nitrogens with two attached hydrogens (primary N) is 1. The van der Waals surface area contributed by atoms with Crippen LogP contribution in [0.15, 0.2) is 18.5 Å². The second-order valence-corrected chi connectivity index (χ2v) is 5.03. The van der Waals surface area contributed by atoms with Crippen molar-refractivity contribution in [3.8, 4) is 0 Å². The molecule has 0 saturated carbocycles. The number of aromatic nitrogens is 2. The molecule has 19 heavy (non-hydrogen) atoms. The maximum absolute atomic E-state index is 6.11. The summed E-state index contributed by atoms with van der Waals surface area (Å²) < 4.78 is 0. The molecule has 1 aromatic heterocycles. The molecule has 0 saturated heterocycles. The van der Waals surface area contributed by atoms with Gasteiger partial charge in [0.05, 0.1) is 20.8 Å². The van der Waals surface area contributed by atoms with Crippen molar-refractivity contribution in [3.05, 3.63) is 39.1 Å². The van der Waals surface area contributed by atoms with Gasteiger partial charge in [-0.1, -0.05) is 41.7 Å². The van der Waals surface area contributed by atoms with Crippen LogP contribution in [0.3, 0.4) is 0 Å². The summed E-state index contributed by atoms with van der Waals surface area (Å²) in [4.78, 5) is 8.11. The number of nitrogens with zero attached hydrogens (tertiary/aromatic N) is 2. The van der Waals surface area contributed by atoms with Gasteiger partial charge in [0.2, 0.25) is 0 Å². The van der Waals surface area contributed by atoms with Gasteiger partial charge in [-0.25, -0.2) is 9.97 Å². The van der Waals surface area contributed by atoms with Crippen molar-refractivity contribution < 1.29 is 0 Å². The molecule has 0 radical (unpaired) electrons. The summed E-state index contributed by atoms with van der Waals surface area (Å²) in [6.07, 6.45) is 2.09. The van der Waals surface area contributed by atoms with Gasteiger partial charge in [-0.3, -0.25) is 0 Å². The average molecular weight is 318 g/mol. The first-order chi connectivity index (χ1) is 9.02. The Labute approximate surface area is 125 Å². The summed E-state index contributed by atoms with van der Waals surface area (Å²) >= 11 is 18.0. The van der Waals surface area contributed by atoms with E-state index in [2.05, 4.69) is 15.3 Å². The fourth-order valence-corrected chi connectivity index (χ4v) is 2.22. The summed E-state index contributed by atoms with van der Waals surface area (Å²) in [6, 6.07) is 3.22. The van der Waals surface area contributed by atoms with Crippen LogP contribution < -0.4 is 11.1 Å². The van der Waals surface area contributed by atoms with E-state index < -0.39 is 0 Å². The van der Waals surface area contributed by atoms with Crippen molar-refractivity contribution in [2.45, 2.75) is 13.3 Å². The predicted octanol–water partition coefficient (Wildman–Crippen LogP) is 4.33. The van der Waals surface area contributed by atoms with Crippen molar-refractivity contribution in [1.29, 1.82) is 0 Å². The molecule has 0 bridgehead atoms. The predicted molar refractivity (Wildman–Crippen MR) is 80.6 cm³/mol. The van der Waals surface area contributed by atoms with Crippen LogP contribution in [0.25, 0.3) is 0 Å². The summed E-state index contributed by atoms with van der Waals surface area (Å²) in [5.74, 6) is 1.05. The van der Waals surface area contributed by atoms with Crippen LogP contribution in [0.2, 0.25) is 15.1 Å². The largest absolute Gasteiger partial charge is 0.383 e. The van der Waals surface area contributed by atoms with Crippen LogP contribution in [0.1, 0.15) is 12.5 Å². The van der Waals surface area contributed by atoms with Crippen molar-refractivity contribution in [2.24, 2.45) is 0 Å². The molecule has 1 aromatic carbocycles. The van der Waals surface area contributed by atoms with E-state index in [1.165, 1.54) is 6.33 Å². The van der Waals surface area contributed by atoms with E-state index in [0.717, 1.165) is 5.56 Å². The Hall–Kier alpha value is -1.23. The minimum Gasteiger partial charge on any atom is -0.383 e. The van der Waals surface area contributed by atoms with Crippen LogP contribution in [-0.2, 0) is 6.42 Å². The summed E-state index contributed by atoms with van der Waals surface area (Å²) in [6.45, 7) is 1.97. The van der Waals surface area contributed by atoms with E-state index in [1.54, 1.807) is 12.1 Å². The first-order valence-electron chi connectivity index (χ1n) is 5.53. The minimum absolute atomic E-state index is 0.398. The first-order valence-corrected chi connectivity index (χ1v) is 6.67. The highest BCUT2D eigenvalue weighted by Crippen LogP contribution is 2.34. The van der Waals surface area contributed by atoms with Gasteiger partial charge in [0, 0.05) is 5.56 Å². The van der Waals surface area contributed by atoms with E-state index in [9.17, 15) is 0 Å². The monoisotopic (exact) mass is 316 g/mol. The second kappa shape index (κ2) is 5.82. The zero-order chi connectivity index (χ0) is 14.0. The lowest BCUT2D eigenvalue weighted by Crippen LogP contribution is -2.04. The number of hydrogen-bond donors (Lipinski definition) is 2. The molecular weight excluding hydrogens is 307 g/mol. The fraction of sp³-hybridized carbons (Fsp3) is 0.167. The van der Waals surface area contributed by atoms with Gasteiger partial charge in [0.25, 0.3) is 0 Å². The highest BCUT2D eigenvalue weighted by Gasteiger charge is 2.11. The topological polar surface area (TPSA) is 63.8 Å². The van der Waals surface area contributed by atoms with Gasteiger partial charge in [-0.15, -0.1) is 0 Å². The first kappa shape index (κ1) is 14.2. The average Bonchev–Trinajstić information content (AvgIpc) is 2.36. The molecule has 0 amide bonds. The molecule has 3 N–H and O–H groups in total. The molecule has 0 unspecified atom stereocenters. The van der Waals surface area contributed by atoms with E-state index in [-0.39, 0.29) is 0 Å². The van der Waals surface area contributed by atoms with Crippen LogP contribution in [0, 0.1) is 0 Å². The van der Waals surface area contributed by atoms with Crippen molar-refractivity contribution in [2.75, 3.05) is 11.1 Å². The summed E-state index contributed by atoms with van der Waals surface area (Å²) in [5, 5.41) is 4.36. The number of nitrogen functional groups attached to an aromatic ring is 1. The molecule has 0 atom stereocenters. The van der Waals surface area contributed by atoms with Gasteiger partial charge in [0.1, 0.15) is 18.0 Å². The zero-order valence-corrected chi connectivity index (χ0v) is 12.3. The minimum atomic E-state index is 0.398. The molecule has 0 fully saturated rings. The normalized spacial score (nSPS) is 10.5. The van der Waals surface area contributed by atoms with E-state index >= 15 is 0 Å². The van der Waals surface area contributed by atoms with Crippen molar-refractivity contribution >= 4 is 52.1 Å². The Bertz CT molecular complexity index is 616. The zero-order valence-electron chi connectivity index (χ0n) is 10.0. The Morgan fingerprint density at radius 1 is 1.11 bits per heavy atom. The van der Waals surface area contributed by atoms with E-state index in [4.69, 9.17) is 40.5 Å². The number of nitrogens with one attached hydrogen (secondary N) is 1. The molecule has 0 aliphatic rings. The molecule has 0 aliphatic carbocycles. The number of rotatable bonds is 3. The highest BCUT2D eigenvalue weighted by atomic mass is 35.5. The molecule has 0 spiro atoms. The molecule has 2 rings (SSSR count). The lowest BCUT2D eigenvalue weighted by atomic mass is 10.2. The smallest absolute Gasteiger partial charge is 0.139 e. The third-order valence-corrected chi connectivity index (χ3v) is 3.63. The Morgan fingerprint density at radius 2 is 1.79 bits per heavy atom. The molecule has 4 nitrogen and oxygen atoms in total. The quantitative estimate of drug-likeness (QED) is 0.827. The lowest BCUT2D eigenvalue weighted by molar-refractivity contribution is 1.06. The standard InChI is InChI=1S/C12H11Cl3N4/c1-2-6-11(16)17-5-18-12(6)19-10-4-8(14)7(13)3-9(10)15/h3-5H,2H2,1H3,(H3,16,17,18,19). The van der Waals surface area contributed by atoms with Crippen LogP contribution >= 0.6 is 34.8 Å². The maximum Gasteiger partial charge on any atom is 0.139 e. The summed E-state index contributed by atoms with van der Waals surface area (Å²) in [5.41, 5.74) is 7.24. The van der Waals surface area contributed by atoms with Crippen molar-refractivity contribution in [1.82, 2.24) is 9.97 Å². The highest BCUT2D eigenvalue weighted by molar-refractivity contribution is 6.44. The van der Waals surface area contributed by atoms with Gasteiger partial charge in [-0.2, -0.15) is 0 Å². The van der Waals surface area contributed by atoms with Crippen LogP contribution in [0.4, 0.5) is 17.3 Å². The molecule has 1 heterocycles. The Balaban J connectivity index is 2.42. The molecule has 100 valence electrons. The van der Waals surface area contributed by atoms with Crippen molar-refractivity contribution in [3.63, 3.8) is 0 Å². The second-order valence-electron chi connectivity index (χ2n) is 3.81. The van der Waals surface area contributed by atoms with Gasteiger partial charge in [-0.05, 0) is 18.6 Å². The number of anilines is 3. The third kappa shape index (κ3) is 3.03. The fourth-order valence-electron chi connectivity index (χ4n) is 1.63. The van der Waals surface area contributed by atoms with Gasteiger partial charge >= 0.3 is 0 Å². The molecular formula is C12H11Cl3N4. The molecule has 2 aromatic rings. The number of halogens is 3. The maximum atomic E-state index is 6.11. The third-order valence-electron chi connectivity index (χ3n) is 2.60. The van der Waals surface area contributed by atoms with Gasteiger partial charge in [0.15, 0.2) is 0 Å². The number of benzene rings is 1. The SMILES string of the molecule is CCc1c(N)ncnc1Nc1cc(Cl)c(Cl)cc1Cl. The van der Waals surface area contributed by atoms with Gasteiger partial charge < -0.3 is 11.1 Å². The Morgan fingerprint density at radius 3 is 2.47 bits per heavy atom.